The summed E-state index contributed by atoms with van der Waals surface area (Å²) in [4.78, 5) is 1.23. The minimum absolute atomic E-state index is 0.170. The Balaban J connectivity index is 2.07. The van der Waals surface area contributed by atoms with Gasteiger partial charge >= 0.3 is 0 Å². The van der Waals surface area contributed by atoms with Crippen molar-refractivity contribution in [2.24, 2.45) is 0 Å². The Labute approximate surface area is 119 Å². The van der Waals surface area contributed by atoms with Crippen LogP contribution in [0.25, 0.3) is 0 Å². The number of tetrazole rings is 1. The monoisotopic (exact) mass is 329 g/mol. The van der Waals surface area contributed by atoms with Crippen molar-refractivity contribution < 1.29 is 0 Å². The van der Waals surface area contributed by atoms with Gasteiger partial charge in [0.15, 0.2) is 5.82 Å². The molecule has 0 aliphatic carbocycles. The Kier molecular flexibility index (Phi) is 4.85. The molecular weight excluding hydrogens is 314 g/mol. The molecule has 0 radical (unpaired) electrons. The number of nitrogens with one attached hydrogen (secondary N) is 1. The highest BCUT2D eigenvalue weighted by Gasteiger charge is 2.14. The lowest BCUT2D eigenvalue weighted by Crippen LogP contribution is -2.23. The number of aromatic nitrogens is 4. The van der Waals surface area contributed by atoms with Crippen LogP contribution in [0.3, 0.4) is 0 Å². The van der Waals surface area contributed by atoms with Crippen molar-refractivity contribution in [3.63, 3.8) is 0 Å². The first-order valence-electron chi connectivity index (χ1n) is 5.93. The third-order valence-corrected chi connectivity index (χ3v) is 4.26. The zero-order valence-electron chi connectivity index (χ0n) is 10.4. The molecule has 18 heavy (non-hydrogen) atoms. The van der Waals surface area contributed by atoms with Crippen LogP contribution in [0.15, 0.2) is 15.9 Å². The fraction of sp³-hybridized carbons (Fsp3) is 0.545. The SMILES string of the molecule is CCCNC(C)c1nnnn1Cc1cc(Br)cs1. The molecule has 5 nitrogen and oxygen atoms in total. The summed E-state index contributed by atoms with van der Waals surface area (Å²) in [5.41, 5.74) is 0. The van der Waals surface area contributed by atoms with Gasteiger partial charge in [-0.05, 0) is 52.3 Å². The number of halogens is 1. The lowest BCUT2D eigenvalue weighted by atomic mass is 10.3. The van der Waals surface area contributed by atoms with E-state index in [1.54, 1.807) is 11.3 Å². The zero-order chi connectivity index (χ0) is 13.0. The molecule has 1 unspecified atom stereocenters. The van der Waals surface area contributed by atoms with Crippen molar-refractivity contribution in [1.29, 1.82) is 0 Å². The van der Waals surface area contributed by atoms with Crippen LogP contribution in [-0.2, 0) is 6.54 Å². The number of nitrogens with zero attached hydrogens (tertiary/aromatic N) is 4. The molecule has 0 amide bonds. The normalized spacial score (nSPS) is 12.8. The molecule has 0 saturated heterocycles. The average Bonchev–Trinajstić information content (AvgIpc) is 2.96. The molecule has 0 saturated carbocycles. The molecule has 0 spiro atoms. The maximum absolute atomic E-state index is 4.10. The molecule has 2 aromatic heterocycles. The number of hydrogen-bond donors (Lipinski definition) is 1. The Hall–Kier alpha value is -0.790. The van der Waals surface area contributed by atoms with E-state index in [2.05, 4.69) is 62.1 Å². The lowest BCUT2D eigenvalue weighted by molar-refractivity contribution is 0.505. The molecule has 2 aromatic rings. The van der Waals surface area contributed by atoms with Gasteiger partial charge in [0.25, 0.3) is 0 Å². The lowest BCUT2D eigenvalue weighted by Gasteiger charge is -2.12. The summed E-state index contributed by atoms with van der Waals surface area (Å²) in [6.07, 6.45) is 1.10. The smallest absolute Gasteiger partial charge is 0.168 e. The van der Waals surface area contributed by atoms with E-state index in [-0.39, 0.29) is 6.04 Å². The summed E-state index contributed by atoms with van der Waals surface area (Å²) < 4.78 is 2.96. The first-order chi connectivity index (χ1) is 8.70. The van der Waals surface area contributed by atoms with Crippen LogP contribution in [0.1, 0.15) is 37.0 Å². The van der Waals surface area contributed by atoms with Gasteiger partial charge in [0.1, 0.15) is 0 Å². The Morgan fingerprint density at radius 2 is 2.39 bits per heavy atom. The quantitative estimate of drug-likeness (QED) is 0.885. The predicted octanol–water partition coefficient (Wildman–Crippen LogP) is 2.61. The minimum atomic E-state index is 0.170. The van der Waals surface area contributed by atoms with E-state index >= 15 is 0 Å². The fourth-order valence-corrected chi connectivity index (χ4v) is 3.10. The van der Waals surface area contributed by atoms with Gasteiger partial charge in [-0.15, -0.1) is 16.4 Å². The van der Waals surface area contributed by atoms with Crippen molar-refractivity contribution in [2.75, 3.05) is 6.54 Å². The summed E-state index contributed by atoms with van der Waals surface area (Å²) in [6.45, 7) is 5.92. The Morgan fingerprint density at radius 3 is 3.06 bits per heavy atom. The molecule has 2 rings (SSSR count). The highest BCUT2D eigenvalue weighted by Crippen LogP contribution is 2.21. The zero-order valence-corrected chi connectivity index (χ0v) is 12.8. The molecule has 7 heteroatoms. The average molecular weight is 330 g/mol. The van der Waals surface area contributed by atoms with Crippen LogP contribution in [0, 0.1) is 0 Å². The number of hydrogen-bond acceptors (Lipinski definition) is 5. The van der Waals surface area contributed by atoms with E-state index in [1.165, 1.54) is 4.88 Å². The van der Waals surface area contributed by atoms with Crippen molar-refractivity contribution in [3.8, 4) is 0 Å². The van der Waals surface area contributed by atoms with Crippen LogP contribution in [0.2, 0.25) is 0 Å². The summed E-state index contributed by atoms with van der Waals surface area (Å²) in [5.74, 6) is 0.882. The molecule has 0 bridgehead atoms. The van der Waals surface area contributed by atoms with Gasteiger partial charge in [-0.25, -0.2) is 4.68 Å². The second-order valence-corrected chi connectivity index (χ2v) is 6.01. The molecule has 1 N–H and O–H groups in total. The summed E-state index contributed by atoms with van der Waals surface area (Å²) in [5, 5.41) is 17.4. The van der Waals surface area contributed by atoms with Crippen LogP contribution >= 0.6 is 27.3 Å². The molecule has 0 aromatic carbocycles. The predicted molar refractivity (Wildman–Crippen MR) is 75.6 cm³/mol. The van der Waals surface area contributed by atoms with E-state index in [0.29, 0.717) is 0 Å². The van der Waals surface area contributed by atoms with E-state index < -0.39 is 0 Å². The summed E-state index contributed by atoms with van der Waals surface area (Å²) >= 11 is 5.16. The summed E-state index contributed by atoms with van der Waals surface area (Å²) in [7, 11) is 0. The first-order valence-corrected chi connectivity index (χ1v) is 7.60. The number of thiophene rings is 1. The molecule has 0 aliphatic rings. The van der Waals surface area contributed by atoms with Gasteiger partial charge in [0, 0.05) is 14.7 Å². The van der Waals surface area contributed by atoms with Gasteiger partial charge in [0.05, 0.1) is 12.6 Å². The number of rotatable bonds is 6. The summed E-state index contributed by atoms with van der Waals surface area (Å²) in [6, 6.07) is 2.27. The van der Waals surface area contributed by atoms with Crippen LogP contribution in [0.4, 0.5) is 0 Å². The van der Waals surface area contributed by atoms with Gasteiger partial charge < -0.3 is 5.32 Å². The maximum atomic E-state index is 4.10. The molecular formula is C11H16BrN5S. The van der Waals surface area contributed by atoms with Crippen LogP contribution < -0.4 is 5.32 Å². The van der Waals surface area contributed by atoms with Crippen LogP contribution in [0.5, 0.6) is 0 Å². The van der Waals surface area contributed by atoms with Gasteiger partial charge in [-0.3, -0.25) is 0 Å². The van der Waals surface area contributed by atoms with E-state index in [9.17, 15) is 0 Å². The molecule has 0 aliphatic heterocycles. The maximum Gasteiger partial charge on any atom is 0.168 e. The van der Waals surface area contributed by atoms with E-state index in [1.807, 2.05) is 4.68 Å². The van der Waals surface area contributed by atoms with Crippen molar-refractivity contribution >= 4 is 27.3 Å². The fourth-order valence-electron chi connectivity index (χ4n) is 1.67. The first kappa shape index (κ1) is 13.6. The van der Waals surface area contributed by atoms with Crippen molar-refractivity contribution in [3.05, 3.63) is 26.6 Å². The molecule has 2 heterocycles. The second-order valence-electron chi connectivity index (χ2n) is 4.10. The van der Waals surface area contributed by atoms with Gasteiger partial charge in [0.2, 0.25) is 0 Å². The van der Waals surface area contributed by atoms with Crippen molar-refractivity contribution in [1.82, 2.24) is 25.5 Å². The van der Waals surface area contributed by atoms with Gasteiger partial charge in [-0.1, -0.05) is 6.92 Å². The molecule has 1 atom stereocenters. The third-order valence-electron chi connectivity index (χ3n) is 2.57. The Bertz CT molecular complexity index is 495. The van der Waals surface area contributed by atoms with Gasteiger partial charge in [-0.2, -0.15) is 0 Å². The highest BCUT2D eigenvalue weighted by atomic mass is 79.9. The van der Waals surface area contributed by atoms with E-state index in [4.69, 9.17) is 0 Å². The Morgan fingerprint density at radius 1 is 1.56 bits per heavy atom. The third kappa shape index (κ3) is 3.37. The minimum Gasteiger partial charge on any atom is -0.307 e. The van der Waals surface area contributed by atoms with Crippen LogP contribution in [-0.4, -0.2) is 26.8 Å². The van der Waals surface area contributed by atoms with E-state index in [0.717, 1.165) is 29.8 Å². The topological polar surface area (TPSA) is 55.6 Å². The largest absolute Gasteiger partial charge is 0.307 e. The highest BCUT2D eigenvalue weighted by molar-refractivity contribution is 9.10. The molecule has 98 valence electrons. The standard InChI is InChI=1S/C11H16BrN5S/c1-3-4-13-8(2)11-14-15-16-17(11)6-10-5-9(12)7-18-10/h5,7-8,13H,3-4,6H2,1-2H3. The van der Waals surface area contributed by atoms with Crippen molar-refractivity contribution in [2.45, 2.75) is 32.9 Å². The second kappa shape index (κ2) is 6.40. The molecule has 0 fully saturated rings.